The van der Waals surface area contributed by atoms with Gasteiger partial charge in [0, 0.05) is 24.0 Å². The molecule has 3 aliphatic carbocycles. The zero-order chi connectivity index (χ0) is 25.1. The molecule has 6 atom stereocenters. The van der Waals surface area contributed by atoms with Crippen LogP contribution in [0.25, 0.3) is 0 Å². The minimum Gasteiger partial charge on any atom is -0.455 e. The predicted molar refractivity (Wildman–Crippen MR) is 119 cm³/mol. The van der Waals surface area contributed by atoms with Crippen LogP contribution in [0.1, 0.15) is 44.2 Å². The number of hydrogen-bond donors (Lipinski definition) is 0. The van der Waals surface area contributed by atoms with Gasteiger partial charge in [-0.05, 0) is 60.1 Å². The van der Waals surface area contributed by atoms with Crippen LogP contribution >= 0.6 is 0 Å². The lowest BCUT2D eigenvalue weighted by molar-refractivity contribution is -0.0698. The Morgan fingerprint density at radius 1 is 0.667 bits per heavy atom. The summed E-state index contributed by atoms with van der Waals surface area (Å²) in [5.74, 6) is -5.67. The summed E-state index contributed by atoms with van der Waals surface area (Å²) in [5.41, 5.74) is 1.75. The van der Waals surface area contributed by atoms with Gasteiger partial charge in [-0.2, -0.15) is 0 Å². The van der Waals surface area contributed by atoms with E-state index in [0.29, 0.717) is 18.6 Å². The van der Waals surface area contributed by atoms with Crippen LogP contribution in [0.4, 0.5) is 17.6 Å². The van der Waals surface area contributed by atoms with Crippen molar-refractivity contribution in [3.05, 3.63) is 106 Å². The first-order chi connectivity index (χ1) is 17.3. The molecule has 4 unspecified atom stereocenters. The fraction of sp³-hybridized carbons (Fsp3) is 0.286. The third-order valence-corrected chi connectivity index (χ3v) is 7.74. The second-order valence-corrected chi connectivity index (χ2v) is 9.71. The normalized spacial score (nSPS) is 27.4. The Morgan fingerprint density at radius 2 is 1.17 bits per heavy atom. The highest BCUT2D eigenvalue weighted by Gasteiger charge is 2.63. The smallest absolute Gasteiger partial charge is 0.338 e. The molecule has 3 aromatic rings. The molecule has 6 rings (SSSR count). The van der Waals surface area contributed by atoms with Gasteiger partial charge in [0.2, 0.25) is 0 Å². The first kappa shape index (κ1) is 22.8. The van der Waals surface area contributed by atoms with Crippen LogP contribution in [0.2, 0.25) is 0 Å². The number of rotatable bonds is 4. The van der Waals surface area contributed by atoms with E-state index in [2.05, 4.69) is 0 Å². The molecule has 2 bridgehead atoms. The van der Waals surface area contributed by atoms with Gasteiger partial charge >= 0.3 is 11.9 Å². The van der Waals surface area contributed by atoms with Gasteiger partial charge in [-0.3, -0.25) is 0 Å². The van der Waals surface area contributed by atoms with Crippen molar-refractivity contribution >= 4 is 11.9 Å². The van der Waals surface area contributed by atoms with E-state index in [1.54, 1.807) is 0 Å². The summed E-state index contributed by atoms with van der Waals surface area (Å²) in [4.78, 5) is 25.8. The molecule has 36 heavy (non-hydrogen) atoms. The lowest BCUT2D eigenvalue weighted by Crippen LogP contribution is -2.45. The molecule has 0 aliphatic heterocycles. The van der Waals surface area contributed by atoms with Gasteiger partial charge < -0.3 is 9.47 Å². The highest BCUT2D eigenvalue weighted by Crippen LogP contribution is 2.62. The second kappa shape index (κ2) is 8.47. The zero-order valence-electron chi connectivity index (χ0n) is 18.8. The number of hydrogen-bond acceptors (Lipinski definition) is 4. The summed E-state index contributed by atoms with van der Waals surface area (Å²) in [6, 6.07) is 12.8. The average molecular weight is 496 g/mol. The number of carbonyl (C=O) groups excluding carboxylic acids is 2. The Kier molecular flexibility index (Phi) is 5.35. The molecule has 0 amide bonds. The van der Waals surface area contributed by atoms with Crippen molar-refractivity contribution in [1.29, 1.82) is 0 Å². The topological polar surface area (TPSA) is 52.6 Å². The van der Waals surface area contributed by atoms with Crippen molar-refractivity contribution in [2.75, 3.05) is 0 Å². The summed E-state index contributed by atoms with van der Waals surface area (Å²) < 4.78 is 66.3. The van der Waals surface area contributed by atoms with Crippen molar-refractivity contribution in [1.82, 2.24) is 0 Å². The summed E-state index contributed by atoms with van der Waals surface area (Å²) in [7, 11) is 0. The summed E-state index contributed by atoms with van der Waals surface area (Å²) >= 11 is 0. The predicted octanol–water partition coefficient (Wildman–Crippen LogP) is 5.60. The second-order valence-electron chi connectivity index (χ2n) is 9.71. The number of ether oxygens (including phenoxy) is 2. The first-order valence-corrected chi connectivity index (χ1v) is 11.7. The minimum absolute atomic E-state index is 0.0785. The number of fused-ring (bicyclic) bond motifs is 7. The Morgan fingerprint density at radius 3 is 1.72 bits per heavy atom. The fourth-order valence-electron chi connectivity index (χ4n) is 6.50. The number of benzene rings is 3. The molecule has 0 spiro atoms. The Hall–Kier alpha value is -3.68. The Labute approximate surface area is 203 Å². The van der Waals surface area contributed by atoms with Crippen LogP contribution in [-0.4, -0.2) is 24.1 Å². The molecular weight excluding hydrogens is 476 g/mol. The zero-order valence-corrected chi connectivity index (χ0v) is 18.8. The molecule has 184 valence electrons. The highest BCUT2D eigenvalue weighted by atomic mass is 19.1. The van der Waals surface area contributed by atoms with Gasteiger partial charge in [-0.1, -0.05) is 24.3 Å². The van der Waals surface area contributed by atoms with Gasteiger partial charge in [0.25, 0.3) is 0 Å². The number of esters is 2. The van der Waals surface area contributed by atoms with E-state index in [-0.39, 0.29) is 34.8 Å². The molecule has 4 nitrogen and oxygen atoms in total. The van der Waals surface area contributed by atoms with Gasteiger partial charge in [0.15, 0.2) is 0 Å². The van der Waals surface area contributed by atoms with Crippen molar-refractivity contribution in [2.24, 2.45) is 17.8 Å². The van der Waals surface area contributed by atoms with Crippen molar-refractivity contribution in [3.8, 4) is 0 Å². The monoisotopic (exact) mass is 496 g/mol. The van der Waals surface area contributed by atoms with E-state index in [1.807, 2.05) is 24.3 Å². The van der Waals surface area contributed by atoms with E-state index in [0.717, 1.165) is 36.2 Å². The third kappa shape index (κ3) is 3.75. The van der Waals surface area contributed by atoms with E-state index in [1.165, 1.54) is 5.56 Å². The SMILES string of the molecule is O=C(O[C@@H]1C2CC(C3c4ccccc4CC32)[C@@H]1OC(=O)c1cc(F)cc(F)c1)c1cc(F)cc(F)c1. The van der Waals surface area contributed by atoms with Gasteiger partial charge in [0.1, 0.15) is 35.5 Å². The van der Waals surface area contributed by atoms with Crippen LogP contribution in [0.5, 0.6) is 0 Å². The Bertz CT molecular complexity index is 1350. The molecule has 0 saturated heterocycles. The molecule has 2 fully saturated rings. The lowest BCUT2D eigenvalue weighted by Gasteiger charge is -2.37. The van der Waals surface area contributed by atoms with Crippen LogP contribution in [-0.2, 0) is 15.9 Å². The van der Waals surface area contributed by atoms with Crippen LogP contribution in [0.3, 0.4) is 0 Å². The molecule has 3 aliphatic rings. The molecule has 8 heteroatoms. The molecule has 3 aromatic carbocycles. The van der Waals surface area contributed by atoms with E-state index >= 15 is 0 Å². The summed E-state index contributed by atoms with van der Waals surface area (Å²) in [5, 5.41) is 0. The highest BCUT2D eigenvalue weighted by molar-refractivity contribution is 5.90. The van der Waals surface area contributed by atoms with Gasteiger partial charge in [-0.25, -0.2) is 27.2 Å². The van der Waals surface area contributed by atoms with E-state index in [9.17, 15) is 27.2 Å². The fourth-order valence-corrected chi connectivity index (χ4v) is 6.50. The maximum atomic E-state index is 13.7. The molecule has 2 saturated carbocycles. The van der Waals surface area contributed by atoms with Gasteiger partial charge in [-0.15, -0.1) is 0 Å². The average Bonchev–Trinajstić information content (AvgIpc) is 3.47. The summed E-state index contributed by atoms with van der Waals surface area (Å²) in [6.07, 6.45) is -0.356. The lowest BCUT2D eigenvalue weighted by atomic mass is 9.76. The third-order valence-electron chi connectivity index (χ3n) is 7.74. The molecular formula is C28H20F4O4. The molecule has 0 heterocycles. The van der Waals surface area contributed by atoms with Crippen molar-refractivity contribution in [2.45, 2.75) is 31.0 Å². The molecule has 0 aromatic heterocycles. The van der Waals surface area contributed by atoms with Gasteiger partial charge in [0.05, 0.1) is 11.1 Å². The standard InChI is InChI=1S/C28H20F4O4/c29-16-5-14(6-17(30)10-16)27(33)35-25-22-12-23(24-20-4-2-1-3-13(20)9-21(22)24)26(25)36-28(34)15-7-18(31)11-19(32)8-15/h1-8,10-11,21-26H,9,12H2/t21?,22?,23?,24?,25-,26+/m1/s1. The Balaban J connectivity index is 1.32. The quantitative estimate of drug-likeness (QED) is 0.349. The molecule has 0 radical (unpaired) electrons. The van der Waals surface area contributed by atoms with Crippen molar-refractivity contribution < 1.29 is 36.6 Å². The maximum Gasteiger partial charge on any atom is 0.338 e. The van der Waals surface area contributed by atoms with Crippen LogP contribution < -0.4 is 0 Å². The number of carbonyl (C=O) groups is 2. The van der Waals surface area contributed by atoms with Crippen LogP contribution in [0, 0.1) is 41.0 Å². The van der Waals surface area contributed by atoms with Crippen molar-refractivity contribution in [3.63, 3.8) is 0 Å². The maximum absolute atomic E-state index is 13.7. The van der Waals surface area contributed by atoms with E-state index < -0.39 is 47.4 Å². The largest absolute Gasteiger partial charge is 0.455 e. The first-order valence-electron chi connectivity index (χ1n) is 11.7. The summed E-state index contributed by atoms with van der Waals surface area (Å²) in [6.45, 7) is 0. The van der Waals surface area contributed by atoms with E-state index in [4.69, 9.17) is 9.47 Å². The number of halogens is 4. The minimum atomic E-state index is -0.938. The van der Waals surface area contributed by atoms with Crippen LogP contribution in [0.15, 0.2) is 60.7 Å². The molecule has 0 N–H and O–H groups in total.